The number of phenolic OH excluding ortho intramolecular Hbond substituents is 1. The number of hydrogen-bond acceptors (Lipinski definition) is 5. The average molecular weight is 364 g/mol. The quantitative estimate of drug-likeness (QED) is 0.493. The van der Waals surface area contributed by atoms with Gasteiger partial charge in [0.15, 0.2) is 0 Å². The number of likely N-dealkylation sites (tertiary alicyclic amines) is 1. The Kier molecular flexibility index (Phi) is 4.53. The van der Waals surface area contributed by atoms with Gasteiger partial charge in [0.05, 0.1) is 11.4 Å². The Morgan fingerprint density at radius 2 is 1.96 bits per heavy atom. The number of aromatic nitrogens is 2. The number of allylic oxidation sites excluding steroid dienone is 1. The van der Waals surface area contributed by atoms with Crippen molar-refractivity contribution in [2.45, 2.75) is 12.8 Å². The molecule has 2 fully saturated rings. The van der Waals surface area contributed by atoms with Crippen molar-refractivity contribution in [1.82, 2.24) is 20.0 Å². The maximum absolute atomic E-state index is 10.3. The first-order chi connectivity index (χ1) is 13.1. The van der Waals surface area contributed by atoms with E-state index < -0.39 is 0 Å². The lowest BCUT2D eigenvalue weighted by molar-refractivity contribution is 0.0829. The van der Waals surface area contributed by atoms with E-state index in [0.29, 0.717) is 16.8 Å². The lowest BCUT2D eigenvalue weighted by Gasteiger charge is -2.48. The van der Waals surface area contributed by atoms with Gasteiger partial charge < -0.3 is 20.7 Å². The first-order valence-corrected chi connectivity index (χ1v) is 9.21. The van der Waals surface area contributed by atoms with Gasteiger partial charge in [0.25, 0.3) is 0 Å². The molecule has 2 aliphatic heterocycles. The summed E-state index contributed by atoms with van der Waals surface area (Å²) >= 11 is 0. The Morgan fingerprint density at radius 1 is 1.19 bits per heavy atom. The molecule has 27 heavy (non-hydrogen) atoms. The summed E-state index contributed by atoms with van der Waals surface area (Å²) < 4.78 is 1.65. The van der Waals surface area contributed by atoms with Gasteiger partial charge in [-0.15, -0.1) is 0 Å². The third-order valence-corrected chi connectivity index (χ3v) is 5.61. The van der Waals surface area contributed by atoms with Crippen LogP contribution in [-0.2, 0) is 0 Å². The largest absolute Gasteiger partial charge is 0.507 e. The van der Waals surface area contributed by atoms with Crippen LogP contribution in [0.25, 0.3) is 5.69 Å². The number of piperidine rings is 1. The molecule has 0 unspecified atom stereocenters. The molecular weight excluding hydrogens is 340 g/mol. The molecule has 2 aromatic rings. The lowest BCUT2D eigenvalue weighted by Crippen LogP contribution is -2.58. The molecule has 3 heterocycles. The fraction of sp³-hybridized carbons (Fsp3) is 0.350. The van der Waals surface area contributed by atoms with Gasteiger partial charge in [0, 0.05) is 50.2 Å². The second-order valence-electron chi connectivity index (χ2n) is 7.37. The van der Waals surface area contributed by atoms with Crippen LogP contribution >= 0.6 is 0 Å². The highest BCUT2D eigenvalue weighted by molar-refractivity contribution is 6.11. The van der Waals surface area contributed by atoms with Crippen molar-refractivity contribution in [3.05, 3.63) is 54.4 Å². The van der Waals surface area contributed by atoms with Gasteiger partial charge in [-0.2, -0.15) is 5.10 Å². The monoisotopic (exact) mass is 364 g/mol. The van der Waals surface area contributed by atoms with Crippen LogP contribution in [0.3, 0.4) is 0 Å². The van der Waals surface area contributed by atoms with Crippen LogP contribution in [0.4, 0.5) is 0 Å². The van der Waals surface area contributed by atoms with Gasteiger partial charge in [0.2, 0.25) is 0 Å². The molecule has 7 nitrogen and oxygen atoms in total. The molecule has 4 rings (SSSR count). The fourth-order valence-corrected chi connectivity index (χ4v) is 3.72. The summed E-state index contributed by atoms with van der Waals surface area (Å²) in [4.78, 5) is 2.06. The average Bonchev–Trinajstić information content (AvgIpc) is 3.19. The highest BCUT2D eigenvalue weighted by atomic mass is 16.3. The number of nitrogens with zero attached hydrogens (tertiary/aromatic N) is 3. The topological polar surface area (TPSA) is 101 Å². The number of aromatic hydroxyl groups is 1. The molecule has 7 heteroatoms. The van der Waals surface area contributed by atoms with Crippen LogP contribution in [0, 0.1) is 16.2 Å². The number of rotatable bonds is 4. The number of amidine groups is 1. The van der Waals surface area contributed by atoms with E-state index in [2.05, 4.69) is 15.3 Å². The van der Waals surface area contributed by atoms with E-state index in [1.165, 1.54) is 0 Å². The minimum atomic E-state index is 0.0292. The lowest BCUT2D eigenvalue weighted by atomic mass is 9.73. The molecule has 0 bridgehead atoms. The molecular formula is C20H24N6O. The Bertz CT molecular complexity index is 872. The minimum Gasteiger partial charge on any atom is -0.507 e. The summed E-state index contributed by atoms with van der Waals surface area (Å²) in [5.74, 6) is 0.455. The van der Waals surface area contributed by atoms with E-state index in [1.54, 1.807) is 41.4 Å². The summed E-state index contributed by atoms with van der Waals surface area (Å²) in [5, 5.41) is 34.3. The van der Waals surface area contributed by atoms with Crippen LogP contribution < -0.4 is 5.32 Å². The van der Waals surface area contributed by atoms with Crippen LogP contribution in [-0.4, -0.2) is 57.5 Å². The van der Waals surface area contributed by atoms with Crippen molar-refractivity contribution in [3.8, 4) is 11.4 Å². The standard InChI is InChI=1S/C20H24N6O/c21-17(16-3-2-15(12-18(16)27)26-9-1-8-24-26)4-5-19(22)25-10-6-20(7-11-25)13-23-14-20/h1-5,8-9,12,21-23,27H,6-7,10-11,13-14H2/b5-4-,21-17?,22-19?. The molecule has 0 atom stereocenters. The predicted octanol–water partition coefficient (Wildman–Crippen LogP) is 2.16. The third kappa shape index (κ3) is 3.50. The molecule has 0 aliphatic carbocycles. The van der Waals surface area contributed by atoms with Gasteiger partial charge in [-0.3, -0.25) is 5.41 Å². The second-order valence-corrected chi connectivity index (χ2v) is 7.37. The Morgan fingerprint density at radius 3 is 2.56 bits per heavy atom. The first kappa shape index (κ1) is 17.5. The van der Waals surface area contributed by atoms with Crippen LogP contribution in [0.15, 0.2) is 48.8 Å². The highest BCUT2D eigenvalue weighted by Gasteiger charge is 2.39. The van der Waals surface area contributed by atoms with Gasteiger partial charge >= 0.3 is 0 Å². The van der Waals surface area contributed by atoms with Crippen molar-refractivity contribution in [3.63, 3.8) is 0 Å². The molecule has 2 saturated heterocycles. The molecule has 1 aromatic carbocycles. The van der Waals surface area contributed by atoms with Gasteiger partial charge in [0.1, 0.15) is 11.6 Å². The normalized spacial score (nSPS) is 18.6. The molecule has 0 radical (unpaired) electrons. The number of phenols is 1. The van der Waals surface area contributed by atoms with Gasteiger partial charge in [-0.1, -0.05) is 0 Å². The Balaban J connectivity index is 1.39. The van der Waals surface area contributed by atoms with E-state index in [0.717, 1.165) is 44.7 Å². The van der Waals surface area contributed by atoms with E-state index in [4.69, 9.17) is 10.8 Å². The van der Waals surface area contributed by atoms with E-state index in [1.807, 2.05) is 12.1 Å². The van der Waals surface area contributed by atoms with Crippen molar-refractivity contribution < 1.29 is 5.11 Å². The molecule has 1 spiro atoms. The SMILES string of the molecule is N=C(/C=C\C(=N)N1CCC2(CC1)CNC2)c1ccc(-n2cccn2)cc1O. The van der Waals surface area contributed by atoms with E-state index >= 15 is 0 Å². The maximum atomic E-state index is 10.3. The van der Waals surface area contributed by atoms with Gasteiger partial charge in [-0.05, 0) is 48.6 Å². The third-order valence-electron chi connectivity index (χ3n) is 5.61. The smallest absolute Gasteiger partial charge is 0.127 e. The van der Waals surface area contributed by atoms with Crippen molar-refractivity contribution in [1.29, 1.82) is 10.8 Å². The Hall–Kier alpha value is -2.93. The van der Waals surface area contributed by atoms with Crippen LogP contribution in [0.1, 0.15) is 18.4 Å². The predicted molar refractivity (Wildman–Crippen MR) is 105 cm³/mol. The summed E-state index contributed by atoms with van der Waals surface area (Å²) in [5.41, 5.74) is 1.81. The molecule has 4 N–H and O–H groups in total. The zero-order chi connectivity index (χ0) is 18.9. The number of nitrogens with one attached hydrogen (secondary N) is 3. The number of benzene rings is 1. The zero-order valence-corrected chi connectivity index (χ0v) is 15.2. The highest BCUT2D eigenvalue weighted by Crippen LogP contribution is 2.34. The molecule has 0 amide bonds. The summed E-state index contributed by atoms with van der Waals surface area (Å²) in [6.45, 7) is 3.98. The second kappa shape index (κ2) is 7.00. The number of hydrogen-bond donors (Lipinski definition) is 4. The molecule has 1 aromatic heterocycles. The van der Waals surface area contributed by atoms with E-state index in [9.17, 15) is 5.11 Å². The summed E-state index contributed by atoms with van der Waals surface area (Å²) in [6.07, 6.45) is 8.93. The zero-order valence-electron chi connectivity index (χ0n) is 15.2. The van der Waals surface area contributed by atoms with Crippen molar-refractivity contribution >= 4 is 11.5 Å². The van der Waals surface area contributed by atoms with E-state index in [-0.39, 0.29) is 11.5 Å². The van der Waals surface area contributed by atoms with Crippen LogP contribution in [0.2, 0.25) is 0 Å². The Labute approximate surface area is 158 Å². The summed E-state index contributed by atoms with van der Waals surface area (Å²) in [7, 11) is 0. The van der Waals surface area contributed by atoms with Crippen molar-refractivity contribution in [2.75, 3.05) is 26.2 Å². The van der Waals surface area contributed by atoms with Crippen molar-refractivity contribution in [2.24, 2.45) is 5.41 Å². The molecule has 0 saturated carbocycles. The first-order valence-electron chi connectivity index (χ1n) is 9.21. The molecule has 2 aliphatic rings. The maximum Gasteiger partial charge on any atom is 0.127 e. The minimum absolute atomic E-state index is 0.0292. The van der Waals surface area contributed by atoms with Crippen LogP contribution in [0.5, 0.6) is 5.75 Å². The fourth-order valence-electron chi connectivity index (χ4n) is 3.72. The van der Waals surface area contributed by atoms with Gasteiger partial charge in [-0.25, -0.2) is 4.68 Å². The summed E-state index contributed by atoms with van der Waals surface area (Å²) in [6, 6.07) is 6.92. The molecule has 140 valence electrons.